The van der Waals surface area contributed by atoms with E-state index in [1.165, 1.54) is 0 Å². The van der Waals surface area contributed by atoms with Gasteiger partial charge in [0, 0.05) is 6.61 Å². The van der Waals surface area contributed by atoms with Crippen LogP contribution in [0.3, 0.4) is 0 Å². The lowest BCUT2D eigenvalue weighted by Gasteiger charge is -1.90. The molecule has 0 aromatic carbocycles. The third-order valence-electron chi connectivity index (χ3n) is 0. The van der Waals surface area contributed by atoms with Crippen LogP contribution in [0.5, 0.6) is 0 Å². The molecule has 0 amide bonds. The Kier molecular flexibility index (Phi) is 13.3. The molecule has 0 aliphatic heterocycles. The lowest BCUT2D eigenvalue weighted by atomic mass is 10.9. The molecule has 1 N–H and O–H groups in total. The summed E-state index contributed by atoms with van der Waals surface area (Å²) in [5, 5.41) is 7.57. The molecular formula is C5H15NO. The summed E-state index contributed by atoms with van der Waals surface area (Å²) in [6.45, 7) is 1.93. The van der Waals surface area contributed by atoms with Crippen LogP contribution in [0, 0.1) is 0 Å². The van der Waals surface area contributed by atoms with Crippen molar-refractivity contribution in [2.75, 3.05) is 27.7 Å². The molecule has 0 spiro atoms. The summed E-state index contributed by atoms with van der Waals surface area (Å²) in [6, 6.07) is 0. The van der Waals surface area contributed by atoms with Gasteiger partial charge in [0.2, 0.25) is 0 Å². The van der Waals surface area contributed by atoms with E-state index in [-0.39, 0.29) is 6.61 Å². The van der Waals surface area contributed by atoms with Crippen molar-refractivity contribution in [3.8, 4) is 0 Å². The van der Waals surface area contributed by atoms with E-state index in [1.54, 1.807) is 6.92 Å². The molecule has 0 radical (unpaired) electrons. The van der Waals surface area contributed by atoms with Gasteiger partial charge in [0.05, 0.1) is 0 Å². The second-order valence-electron chi connectivity index (χ2n) is 1.66. The van der Waals surface area contributed by atoms with E-state index in [0.717, 1.165) is 0 Å². The maximum Gasteiger partial charge on any atom is 0.0402 e. The van der Waals surface area contributed by atoms with Gasteiger partial charge in [0.25, 0.3) is 0 Å². The van der Waals surface area contributed by atoms with Crippen molar-refractivity contribution in [2.45, 2.75) is 6.92 Å². The molecule has 7 heavy (non-hydrogen) atoms. The monoisotopic (exact) mass is 105 g/mol. The Labute approximate surface area is 45.8 Å². The highest BCUT2D eigenvalue weighted by atomic mass is 16.2. The minimum atomic E-state index is 0.250. The number of aliphatic hydroxyl groups is 1. The molecule has 0 unspecified atom stereocenters. The predicted octanol–water partition coefficient (Wildman–Crippen LogP) is 0.176. The Bertz CT molecular complexity index is 19.3. The van der Waals surface area contributed by atoms with Crippen LogP contribution in [-0.4, -0.2) is 37.8 Å². The summed E-state index contributed by atoms with van der Waals surface area (Å²) in [5.41, 5.74) is 0. The van der Waals surface area contributed by atoms with E-state index >= 15 is 0 Å². The van der Waals surface area contributed by atoms with E-state index < -0.39 is 0 Å². The van der Waals surface area contributed by atoms with Gasteiger partial charge in [-0.2, -0.15) is 0 Å². The van der Waals surface area contributed by atoms with Crippen molar-refractivity contribution in [1.29, 1.82) is 0 Å². The summed E-state index contributed by atoms with van der Waals surface area (Å²) in [6.07, 6.45) is 0. The van der Waals surface area contributed by atoms with Crippen molar-refractivity contribution < 1.29 is 5.11 Å². The van der Waals surface area contributed by atoms with Crippen LogP contribution in [0.4, 0.5) is 0 Å². The molecule has 0 fully saturated rings. The van der Waals surface area contributed by atoms with Crippen molar-refractivity contribution in [3.05, 3.63) is 0 Å². The molecule has 46 valence electrons. The van der Waals surface area contributed by atoms with Crippen molar-refractivity contribution in [1.82, 2.24) is 4.90 Å². The SMILES string of the molecule is CCO.CN(C)C. The predicted molar refractivity (Wildman–Crippen MR) is 32.4 cm³/mol. The fourth-order valence-corrected chi connectivity index (χ4v) is 0. The summed E-state index contributed by atoms with van der Waals surface area (Å²) in [7, 11) is 6.00. The van der Waals surface area contributed by atoms with Crippen LogP contribution in [-0.2, 0) is 0 Å². The third kappa shape index (κ3) is 14200. The maximum atomic E-state index is 7.57. The first-order valence-corrected chi connectivity index (χ1v) is 2.36. The second-order valence-corrected chi connectivity index (χ2v) is 1.66. The minimum Gasteiger partial charge on any atom is -0.397 e. The number of nitrogens with zero attached hydrogens (tertiary/aromatic N) is 1. The van der Waals surface area contributed by atoms with Crippen LogP contribution in [0.1, 0.15) is 6.92 Å². The summed E-state index contributed by atoms with van der Waals surface area (Å²) < 4.78 is 0. The highest BCUT2D eigenvalue weighted by molar-refractivity contribution is 4.09. The van der Waals surface area contributed by atoms with Crippen LogP contribution in [0.25, 0.3) is 0 Å². The first kappa shape index (κ1) is 10.0. The third-order valence-corrected chi connectivity index (χ3v) is 0. The van der Waals surface area contributed by atoms with Crippen LogP contribution in [0.2, 0.25) is 0 Å². The van der Waals surface area contributed by atoms with Crippen molar-refractivity contribution >= 4 is 0 Å². The zero-order chi connectivity index (χ0) is 6.28. The van der Waals surface area contributed by atoms with Crippen LogP contribution in [0.15, 0.2) is 0 Å². The van der Waals surface area contributed by atoms with E-state index in [9.17, 15) is 0 Å². The van der Waals surface area contributed by atoms with Gasteiger partial charge in [-0.25, -0.2) is 0 Å². The molecule has 0 saturated heterocycles. The fourth-order valence-electron chi connectivity index (χ4n) is 0. The average Bonchev–Trinajstić information content (AvgIpc) is 1.33. The molecular weight excluding hydrogens is 90.1 g/mol. The highest BCUT2D eigenvalue weighted by Crippen LogP contribution is 1.47. The molecule has 0 aromatic rings. The number of aliphatic hydroxyl groups excluding tert-OH is 1. The largest absolute Gasteiger partial charge is 0.397 e. The number of rotatable bonds is 0. The van der Waals surface area contributed by atoms with Gasteiger partial charge in [-0.3, -0.25) is 0 Å². The Morgan fingerprint density at radius 3 is 1.29 bits per heavy atom. The normalized spacial score (nSPS) is 7.71. The summed E-state index contributed by atoms with van der Waals surface area (Å²) in [5.74, 6) is 0. The lowest BCUT2D eigenvalue weighted by Crippen LogP contribution is -1.99. The Hall–Kier alpha value is -0.0800. The van der Waals surface area contributed by atoms with Crippen LogP contribution < -0.4 is 0 Å². The summed E-state index contributed by atoms with van der Waals surface area (Å²) in [4.78, 5) is 2.00. The Morgan fingerprint density at radius 1 is 1.29 bits per heavy atom. The molecule has 0 bridgehead atoms. The van der Waals surface area contributed by atoms with Gasteiger partial charge in [0.15, 0.2) is 0 Å². The molecule has 2 nitrogen and oxygen atoms in total. The molecule has 0 aliphatic carbocycles. The number of hydrogen-bond acceptors (Lipinski definition) is 2. The van der Waals surface area contributed by atoms with E-state index in [1.807, 2.05) is 26.0 Å². The maximum absolute atomic E-state index is 7.57. The molecule has 0 aliphatic rings. The van der Waals surface area contributed by atoms with Gasteiger partial charge in [-0.05, 0) is 28.1 Å². The molecule has 0 saturated carbocycles. The zero-order valence-corrected chi connectivity index (χ0v) is 5.60. The van der Waals surface area contributed by atoms with Gasteiger partial charge in [-0.1, -0.05) is 0 Å². The topological polar surface area (TPSA) is 23.5 Å². The Balaban J connectivity index is 0. The smallest absolute Gasteiger partial charge is 0.0402 e. The van der Waals surface area contributed by atoms with Gasteiger partial charge < -0.3 is 10.0 Å². The molecule has 0 heterocycles. The van der Waals surface area contributed by atoms with Gasteiger partial charge >= 0.3 is 0 Å². The Morgan fingerprint density at radius 2 is 1.29 bits per heavy atom. The molecule has 0 rings (SSSR count). The summed E-state index contributed by atoms with van der Waals surface area (Å²) >= 11 is 0. The standard InChI is InChI=1S/C3H9N.C2H6O/c1-4(2)3;1-2-3/h1-3H3;3H,2H2,1H3. The average molecular weight is 105 g/mol. The zero-order valence-electron chi connectivity index (χ0n) is 5.60. The molecule has 0 aromatic heterocycles. The highest BCUT2D eigenvalue weighted by Gasteiger charge is 1.58. The first-order valence-electron chi connectivity index (χ1n) is 2.36. The van der Waals surface area contributed by atoms with E-state index in [4.69, 9.17) is 5.11 Å². The van der Waals surface area contributed by atoms with Crippen molar-refractivity contribution in [3.63, 3.8) is 0 Å². The molecule has 2 heteroatoms. The fraction of sp³-hybridized carbons (Fsp3) is 1.00. The second kappa shape index (κ2) is 9.33. The van der Waals surface area contributed by atoms with Gasteiger partial charge in [0.1, 0.15) is 0 Å². The van der Waals surface area contributed by atoms with Crippen LogP contribution >= 0.6 is 0 Å². The first-order chi connectivity index (χ1) is 3.15. The molecule has 0 atom stereocenters. The van der Waals surface area contributed by atoms with E-state index in [0.29, 0.717) is 0 Å². The lowest BCUT2D eigenvalue weighted by molar-refractivity contribution is 0.318. The quantitative estimate of drug-likeness (QED) is 0.475. The number of hydrogen-bond donors (Lipinski definition) is 1. The van der Waals surface area contributed by atoms with Gasteiger partial charge in [-0.15, -0.1) is 0 Å². The minimum absolute atomic E-state index is 0.250. The van der Waals surface area contributed by atoms with E-state index in [2.05, 4.69) is 0 Å². The van der Waals surface area contributed by atoms with Crippen molar-refractivity contribution in [2.24, 2.45) is 0 Å².